The monoisotopic (exact) mass is 242 g/mol. The van der Waals surface area contributed by atoms with E-state index in [0.29, 0.717) is 6.54 Å². The summed E-state index contributed by atoms with van der Waals surface area (Å²) >= 11 is 0. The Morgan fingerprint density at radius 2 is 2.06 bits per heavy atom. The van der Waals surface area contributed by atoms with Gasteiger partial charge in [-0.1, -0.05) is 27.2 Å². The van der Waals surface area contributed by atoms with Crippen molar-refractivity contribution >= 4 is 12.0 Å². The molecular formula is C12H22N2O3. The van der Waals surface area contributed by atoms with Gasteiger partial charge in [-0.25, -0.2) is 4.79 Å². The van der Waals surface area contributed by atoms with Crippen LogP contribution in [0.25, 0.3) is 0 Å². The first-order valence-electron chi connectivity index (χ1n) is 6.11. The van der Waals surface area contributed by atoms with Crippen LogP contribution in [0.5, 0.6) is 0 Å². The number of amides is 2. The Bertz CT molecular complexity index is 302. The van der Waals surface area contributed by atoms with Gasteiger partial charge >= 0.3 is 12.0 Å². The minimum atomic E-state index is -0.817. The number of carbonyl (C=O) groups is 2. The van der Waals surface area contributed by atoms with Crippen LogP contribution >= 0.6 is 0 Å². The van der Waals surface area contributed by atoms with Gasteiger partial charge in [-0.2, -0.15) is 0 Å². The first-order chi connectivity index (χ1) is 7.85. The second-order valence-corrected chi connectivity index (χ2v) is 5.47. The van der Waals surface area contributed by atoms with Gasteiger partial charge in [0.15, 0.2) is 0 Å². The maximum absolute atomic E-state index is 11.5. The van der Waals surface area contributed by atoms with E-state index in [1.807, 2.05) is 6.92 Å². The van der Waals surface area contributed by atoms with Crippen molar-refractivity contribution in [2.75, 3.05) is 6.54 Å². The van der Waals surface area contributed by atoms with E-state index in [1.165, 1.54) is 0 Å². The fourth-order valence-corrected chi connectivity index (χ4v) is 1.77. The Hall–Kier alpha value is -1.26. The first-order valence-corrected chi connectivity index (χ1v) is 6.11. The lowest BCUT2D eigenvalue weighted by Crippen LogP contribution is -2.40. The number of nitrogens with one attached hydrogen (secondary N) is 2. The van der Waals surface area contributed by atoms with Crippen molar-refractivity contribution in [1.82, 2.24) is 10.6 Å². The molecule has 2 atom stereocenters. The van der Waals surface area contributed by atoms with Gasteiger partial charge in [0.1, 0.15) is 0 Å². The highest BCUT2D eigenvalue weighted by Crippen LogP contribution is 2.44. The largest absolute Gasteiger partial charge is 0.481 e. The number of carboxylic acid groups (broad SMARTS) is 1. The molecule has 1 saturated carbocycles. The predicted octanol–water partition coefficient (Wildman–Crippen LogP) is 1.58. The fourth-order valence-electron chi connectivity index (χ4n) is 1.77. The van der Waals surface area contributed by atoms with Gasteiger partial charge in [0.05, 0.1) is 0 Å². The number of carbonyl (C=O) groups excluding carboxylic acids is 1. The molecule has 5 nitrogen and oxygen atoms in total. The molecule has 0 aliphatic heterocycles. The van der Waals surface area contributed by atoms with Gasteiger partial charge in [-0.15, -0.1) is 0 Å². The molecule has 1 rings (SSSR count). The molecule has 5 heteroatoms. The van der Waals surface area contributed by atoms with Crippen molar-refractivity contribution in [3.05, 3.63) is 0 Å². The molecule has 17 heavy (non-hydrogen) atoms. The lowest BCUT2D eigenvalue weighted by molar-refractivity contribution is -0.138. The molecule has 1 aliphatic carbocycles. The number of carboxylic acids is 1. The summed E-state index contributed by atoms with van der Waals surface area (Å²) in [5.41, 5.74) is 0.211. The molecule has 2 amide bonds. The zero-order valence-corrected chi connectivity index (χ0v) is 10.7. The molecule has 0 aromatic rings. The van der Waals surface area contributed by atoms with Crippen molar-refractivity contribution in [2.24, 2.45) is 11.3 Å². The number of hydrogen-bond donors (Lipinski definition) is 3. The van der Waals surface area contributed by atoms with Crippen LogP contribution in [0.3, 0.4) is 0 Å². The molecule has 0 bridgehead atoms. The Balaban J connectivity index is 2.20. The van der Waals surface area contributed by atoms with E-state index in [0.717, 1.165) is 12.8 Å². The first kappa shape index (κ1) is 13.8. The quantitative estimate of drug-likeness (QED) is 0.661. The van der Waals surface area contributed by atoms with Crippen LogP contribution in [-0.2, 0) is 4.79 Å². The van der Waals surface area contributed by atoms with Gasteiger partial charge in [0, 0.05) is 19.0 Å². The van der Waals surface area contributed by atoms with Crippen LogP contribution in [0.15, 0.2) is 0 Å². The summed E-state index contributed by atoms with van der Waals surface area (Å²) in [4.78, 5) is 22.1. The lowest BCUT2D eigenvalue weighted by atomic mass is 10.0. The standard InChI is InChI=1S/C12H22N2O3/c1-4-8(5-10(15)16)7-13-11(17)14-9-6-12(9,2)3/h8-9H,4-7H2,1-3H3,(H,15,16)(H2,13,14,17). The van der Waals surface area contributed by atoms with Crippen LogP contribution in [-0.4, -0.2) is 29.7 Å². The molecule has 0 aromatic heterocycles. The molecular weight excluding hydrogens is 220 g/mol. The molecule has 0 radical (unpaired) electrons. The molecule has 98 valence electrons. The van der Waals surface area contributed by atoms with Gasteiger partial charge in [0.25, 0.3) is 0 Å². The summed E-state index contributed by atoms with van der Waals surface area (Å²) in [5.74, 6) is -0.812. The van der Waals surface area contributed by atoms with Gasteiger partial charge in [-0.3, -0.25) is 4.79 Å². The normalized spacial score (nSPS) is 22.6. The molecule has 0 spiro atoms. The van der Waals surface area contributed by atoms with Gasteiger partial charge in [-0.05, 0) is 17.8 Å². The molecule has 2 unspecified atom stereocenters. The summed E-state index contributed by atoms with van der Waals surface area (Å²) in [7, 11) is 0. The summed E-state index contributed by atoms with van der Waals surface area (Å²) in [6.07, 6.45) is 1.86. The second-order valence-electron chi connectivity index (χ2n) is 5.47. The van der Waals surface area contributed by atoms with E-state index in [-0.39, 0.29) is 29.8 Å². The SMILES string of the molecule is CCC(CNC(=O)NC1CC1(C)C)CC(=O)O. The molecule has 3 N–H and O–H groups in total. The Labute approximate surface area is 102 Å². The smallest absolute Gasteiger partial charge is 0.315 e. The minimum absolute atomic E-state index is 0.00506. The van der Waals surface area contributed by atoms with Crippen LogP contribution < -0.4 is 10.6 Å². The summed E-state index contributed by atoms with van der Waals surface area (Å²) in [5, 5.41) is 14.3. The van der Waals surface area contributed by atoms with Crippen molar-refractivity contribution in [2.45, 2.75) is 46.1 Å². The third-order valence-corrected chi connectivity index (χ3v) is 3.41. The molecule has 0 heterocycles. The minimum Gasteiger partial charge on any atom is -0.481 e. The van der Waals surface area contributed by atoms with E-state index in [2.05, 4.69) is 24.5 Å². The fraction of sp³-hybridized carbons (Fsp3) is 0.833. The summed E-state index contributed by atoms with van der Waals surface area (Å²) in [6, 6.07) is 0.0615. The van der Waals surface area contributed by atoms with Crippen LogP contribution in [0, 0.1) is 11.3 Å². The summed E-state index contributed by atoms with van der Waals surface area (Å²) in [6.45, 7) is 6.56. The van der Waals surface area contributed by atoms with E-state index in [4.69, 9.17) is 5.11 Å². The van der Waals surface area contributed by atoms with E-state index in [1.54, 1.807) is 0 Å². The zero-order chi connectivity index (χ0) is 13.1. The number of hydrogen-bond acceptors (Lipinski definition) is 2. The van der Waals surface area contributed by atoms with Gasteiger partial charge in [0.2, 0.25) is 0 Å². The van der Waals surface area contributed by atoms with E-state index >= 15 is 0 Å². The highest BCUT2D eigenvalue weighted by molar-refractivity contribution is 5.75. The van der Waals surface area contributed by atoms with E-state index < -0.39 is 5.97 Å². The maximum atomic E-state index is 11.5. The van der Waals surface area contributed by atoms with Crippen molar-refractivity contribution in [3.63, 3.8) is 0 Å². The van der Waals surface area contributed by atoms with Gasteiger partial charge < -0.3 is 15.7 Å². The third-order valence-electron chi connectivity index (χ3n) is 3.41. The average Bonchev–Trinajstić information content (AvgIpc) is 2.80. The maximum Gasteiger partial charge on any atom is 0.315 e. The highest BCUT2D eigenvalue weighted by atomic mass is 16.4. The molecule has 1 aliphatic rings. The predicted molar refractivity (Wildman–Crippen MR) is 64.8 cm³/mol. The third kappa shape index (κ3) is 4.63. The molecule has 0 aromatic carbocycles. The Morgan fingerprint density at radius 1 is 1.47 bits per heavy atom. The Kier molecular flexibility index (Phi) is 4.37. The average molecular weight is 242 g/mol. The van der Waals surface area contributed by atoms with Crippen molar-refractivity contribution in [3.8, 4) is 0 Å². The van der Waals surface area contributed by atoms with Crippen molar-refractivity contribution < 1.29 is 14.7 Å². The summed E-state index contributed by atoms with van der Waals surface area (Å²) < 4.78 is 0. The lowest BCUT2D eigenvalue weighted by Gasteiger charge is -2.14. The van der Waals surface area contributed by atoms with Crippen LogP contribution in [0.4, 0.5) is 4.79 Å². The topological polar surface area (TPSA) is 78.4 Å². The van der Waals surface area contributed by atoms with E-state index in [9.17, 15) is 9.59 Å². The Morgan fingerprint density at radius 3 is 2.47 bits per heavy atom. The zero-order valence-electron chi connectivity index (χ0n) is 10.7. The number of rotatable bonds is 6. The molecule has 1 fully saturated rings. The number of urea groups is 1. The highest BCUT2D eigenvalue weighted by Gasteiger charge is 2.46. The molecule has 0 saturated heterocycles. The van der Waals surface area contributed by atoms with Crippen molar-refractivity contribution in [1.29, 1.82) is 0 Å². The second kappa shape index (κ2) is 5.38. The van der Waals surface area contributed by atoms with Crippen LogP contribution in [0.1, 0.15) is 40.0 Å². The van der Waals surface area contributed by atoms with Crippen LogP contribution in [0.2, 0.25) is 0 Å². The number of aliphatic carboxylic acids is 1.